The van der Waals surface area contributed by atoms with E-state index in [4.69, 9.17) is 4.74 Å². The second-order valence-corrected chi connectivity index (χ2v) is 14.0. The Morgan fingerprint density at radius 1 is 0.946 bits per heavy atom. The Kier molecular flexibility index (Phi) is 11.2. The lowest BCUT2D eigenvalue weighted by molar-refractivity contribution is -0.136. The molecule has 5 amide bonds. The number of nitrogens with one attached hydrogen (secondary N) is 5. The van der Waals surface area contributed by atoms with E-state index in [2.05, 4.69) is 51.8 Å². The van der Waals surface area contributed by atoms with E-state index in [9.17, 15) is 24.0 Å². The molecule has 0 saturated carbocycles. The van der Waals surface area contributed by atoms with Crippen LogP contribution >= 0.6 is 0 Å². The summed E-state index contributed by atoms with van der Waals surface area (Å²) in [5, 5.41) is 27.8. The van der Waals surface area contributed by atoms with Gasteiger partial charge >= 0.3 is 0 Å². The predicted molar refractivity (Wildman–Crippen MR) is 206 cm³/mol. The lowest BCUT2D eigenvalue weighted by atomic mass is 9.96. The first-order valence-electron chi connectivity index (χ1n) is 18.6. The van der Waals surface area contributed by atoms with E-state index in [0.717, 1.165) is 56.0 Å². The smallest absolute Gasteiger partial charge is 0.273 e. The number of carbonyl (C=O) groups excluding carboxylic acids is 5. The molecule has 0 radical (unpaired) electrons. The summed E-state index contributed by atoms with van der Waals surface area (Å²) in [5.41, 5.74) is 3.15. The molecule has 2 aromatic heterocycles. The van der Waals surface area contributed by atoms with Crippen LogP contribution in [-0.4, -0.2) is 117 Å². The molecule has 5 N–H and O–H groups in total. The van der Waals surface area contributed by atoms with Crippen molar-refractivity contribution in [1.29, 1.82) is 0 Å². The Balaban J connectivity index is 0.883. The molecule has 0 spiro atoms. The van der Waals surface area contributed by atoms with Gasteiger partial charge in [-0.3, -0.25) is 38.9 Å². The number of imide groups is 2. The Labute approximate surface area is 322 Å². The zero-order valence-electron chi connectivity index (χ0n) is 31.4. The number of fused-ring (bicyclic) bond motifs is 1. The van der Waals surface area contributed by atoms with Gasteiger partial charge in [0.25, 0.3) is 17.7 Å². The minimum absolute atomic E-state index is 0.0799. The third kappa shape index (κ3) is 8.00. The number of hydrogen-bond acceptors (Lipinski definition) is 14. The maximum absolute atomic E-state index is 13.2. The number of likely N-dealkylation sites (tertiary alicyclic amines) is 1. The summed E-state index contributed by atoms with van der Waals surface area (Å²) in [6, 6.07) is 11.4. The first kappa shape index (κ1) is 37.9. The molecule has 0 aliphatic carbocycles. The molecule has 3 aliphatic heterocycles. The third-order valence-corrected chi connectivity index (χ3v) is 10.3. The van der Waals surface area contributed by atoms with Crippen LogP contribution in [0.25, 0.3) is 11.4 Å². The normalized spacial score (nSPS) is 17.4. The van der Waals surface area contributed by atoms with E-state index >= 15 is 0 Å². The number of aromatic nitrogens is 5. The maximum atomic E-state index is 13.2. The lowest BCUT2D eigenvalue weighted by Crippen LogP contribution is -2.54. The number of ether oxygens (including phenoxy) is 1. The van der Waals surface area contributed by atoms with Gasteiger partial charge in [0.05, 0.1) is 35.2 Å². The van der Waals surface area contributed by atoms with Crippen LogP contribution in [0.1, 0.15) is 63.3 Å². The molecule has 292 valence electrons. The third-order valence-electron chi connectivity index (χ3n) is 10.3. The van der Waals surface area contributed by atoms with Crippen molar-refractivity contribution in [3.63, 3.8) is 0 Å². The summed E-state index contributed by atoms with van der Waals surface area (Å²) in [5.74, 6) is -0.457. The van der Waals surface area contributed by atoms with Crippen molar-refractivity contribution in [3.8, 4) is 17.1 Å². The minimum Gasteiger partial charge on any atom is -0.494 e. The minimum atomic E-state index is -0.987. The van der Waals surface area contributed by atoms with Crippen molar-refractivity contribution in [2.75, 3.05) is 62.8 Å². The van der Waals surface area contributed by atoms with Gasteiger partial charge in [-0.2, -0.15) is 5.10 Å². The van der Waals surface area contributed by atoms with Gasteiger partial charge in [0.2, 0.25) is 11.8 Å². The molecule has 1 unspecified atom stereocenters. The first-order chi connectivity index (χ1) is 27.1. The van der Waals surface area contributed by atoms with Crippen LogP contribution in [0.3, 0.4) is 0 Å². The number of nitrogens with zero attached hydrogens (tertiary/aromatic N) is 7. The van der Waals surface area contributed by atoms with Crippen LogP contribution in [0.2, 0.25) is 0 Å². The van der Waals surface area contributed by atoms with Crippen LogP contribution < -0.4 is 31.3 Å². The zero-order valence-corrected chi connectivity index (χ0v) is 31.4. The number of carbonyl (C=O) groups is 5. The van der Waals surface area contributed by atoms with Gasteiger partial charge in [0.15, 0.2) is 23.1 Å². The van der Waals surface area contributed by atoms with Crippen molar-refractivity contribution in [2.24, 2.45) is 13.0 Å². The fourth-order valence-electron chi connectivity index (χ4n) is 7.28. The average molecular weight is 765 g/mol. The van der Waals surface area contributed by atoms with Crippen molar-refractivity contribution in [1.82, 2.24) is 45.4 Å². The second-order valence-electron chi connectivity index (χ2n) is 14.0. The fraction of sp³-hybridized carbons (Fsp3) is 0.395. The topological polar surface area (TPSA) is 218 Å². The standard InChI is InChI=1S/C38H44N12O6/c1-39-36(53)32-28(43-27-7-4-6-25(33(27)56-3)34-42-21-48(2)47-34)19-30(45-46-32)40-14-5-15-49-16-12-22(13-17-49)20-41-23-8-9-24-26(18-23)38(55)50(37(24)54)29-10-11-31(51)44-35(29)52/h4,6-9,18-19,21-22,29,41H,5,10-17,20H2,1-3H3,(H,39,53)(H2,40,43,45)(H,44,51,52). The number of anilines is 4. The van der Waals surface area contributed by atoms with Gasteiger partial charge in [-0.1, -0.05) is 6.07 Å². The SMILES string of the molecule is CNC(=O)c1nnc(NCCCN2CCC(CNc3ccc4c(c3)C(=O)N(C3CCC(=O)NC3=O)C4=O)CC2)cc1Nc1cccc(-c2ncn(C)n2)c1OC. The number of rotatable bonds is 14. The molecule has 1 atom stereocenters. The molecule has 2 aromatic carbocycles. The Morgan fingerprint density at radius 3 is 2.48 bits per heavy atom. The van der Waals surface area contributed by atoms with Crippen molar-refractivity contribution < 1.29 is 28.7 Å². The largest absolute Gasteiger partial charge is 0.494 e. The quantitative estimate of drug-likeness (QED) is 0.0921. The second kappa shape index (κ2) is 16.5. The number of amides is 5. The van der Waals surface area contributed by atoms with Crippen molar-refractivity contribution in [3.05, 3.63) is 65.6 Å². The summed E-state index contributed by atoms with van der Waals surface area (Å²) < 4.78 is 7.35. The van der Waals surface area contributed by atoms with E-state index in [0.29, 0.717) is 46.8 Å². The van der Waals surface area contributed by atoms with E-state index in [1.165, 1.54) is 7.05 Å². The van der Waals surface area contributed by atoms with E-state index in [-0.39, 0.29) is 35.6 Å². The monoisotopic (exact) mass is 764 g/mol. The predicted octanol–water partition coefficient (Wildman–Crippen LogP) is 2.41. The molecule has 56 heavy (non-hydrogen) atoms. The van der Waals surface area contributed by atoms with E-state index in [1.807, 2.05) is 18.2 Å². The van der Waals surface area contributed by atoms with Gasteiger partial charge < -0.3 is 30.9 Å². The summed E-state index contributed by atoms with van der Waals surface area (Å²) in [4.78, 5) is 70.6. The molecular formula is C38H44N12O6. The summed E-state index contributed by atoms with van der Waals surface area (Å²) in [6.45, 7) is 4.18. The number of aryl methyl sites for hydroxylation is 1. The Morgan fingerprint density at radius 2 is 1.75 bits per heavy atom. The fourth-order valence-corrected chi connectivity index (χ4v) is 7.28. The lowest BCUT2D eigenvalue weighted by Gasteiger charge is -2.32. The number of para-hydroxylation sites is 1. The summed E-state index contributed by atoms with van der Waals surface area (Å²) in [7, 11) is 4.89. The molecule has 2 saturated heterocycles. The molecule has 18 nitrogen and oxygen atoms in total. The van der Waals surface area contributed by atoms with Crippen molar-refractivity contribution >= 4 is 52.4 Å². The van der Waals surface area contributed by atoms with Crippen LogP contribution in [0.5, 0.6) is 5.75 Å². The highest BCUT2D eigenvalue weighted by molar-refractivity contribution is 6.23. The number of benzene rings is 2. The number of methoxy groups -OCH3 is 1. The molecule has 5 heterocycles. The molecule has 0 bridgehead atoms. The van der Waals surface area contributed by atoms with Gasteiger partial charge in [-0.15, -0.1) is 10.2 Å². The highest BCUT2D eigenvalue weighted by Crippen LogP contribution is 2.37. The molecule has 7 rings (SSSR count). The van der Waals surface area contributed by atoms with Gasteiger partial charge in [-0.25, -0.2) is 4.98 Å². The number of piperidine rings is 2. The van der Waals surface area contributed by atoms with Gasteiger partial charge in [0.1, 0.15) is 12.4 Å². The van der Waals surface area contributed by atoms with Gasteiger partial charge in [-0.05, 0) is 81.6 Å². The van der Waals surface area contributed by atoms with E-state index < -0.39 is 29.7 Å². The number of hydrogen-bond donors (Lipinski definition) is 5. The van der Waals surface area contributed by atoms with Crippen LogP contribution in [-0.2, 0) is 16.6 Å². The van der Waals surface area contributed by atoms with Gasteiger partial charge in [0, 0.05) is 45.4 Å². The Bertz CT molecular complexity index is 2160. The van der Waals surface area contributed by atoms with Crippen LogP contribution in [0, 0.1) is 5.92 Å². The summed E-state index contributed by atoms with van der Waals surface area (Å²) >= 11 is 0. The molecule has 18 heteroatoms. The van der Waals surface area contributed by atoms with E-state index in [1.54, 1.807) is 49.4 Å². The molecular weight excluding hydrogens is 720 g/mol. The average Bonchev–Trinajstić information content (AvgIpc) is 3.75. The first-order valence-corrected chi connectivity index (χ1v) is 18.6. The molecule has 4 aromatic rings. The highest BCUT2D eigenvalue weighted by Gasteiger charge is 2.44. The zero-order chi connectivity index (χ0) is 39.3. The van der Waals surface area contributed by atoms with Crippen molar-refractivity contribution in [2.45, 2.75) is 38.1 Å². The van der Waals surface area contributed by atoms with Crippen LogP contribution in [0.15, 0.2) is 48.8 Å². The molecule has 3 aliphatic rings. The maximum Gasteiger partial charge on any atom is 0.273 e. The Hall–Kier alpha value is -6.43. The van der Waals surface area contributed by atoms with Crippen LogP contribution in [0.4, 0.5) is 22.9 Å². The highest BCUT2D eigenvalue weighted by atomic mass is 16.5. The molecule has 2 fully saturated rings. The summed E-state index contributed by atoms with van der Waals surface area (Å²) in [6.07, 6.45) is 4.70.